The van der Waals surface area contributed by atoms with Gasteiger partial charge in [0.1, 0.15) is 11.6 Å². The Morgan fingerprint density at radius 3 is 2.50 bits per heavy atom. The number of rotatable bonds is 2. The average Bonchev–Trinajstić information content (AvgIpc) is 2.46. The first kappa shape index (κ1) is 22.0. The van der Waals surface area contributed by atoms with Crippen molar-refractivity contribution < 1.29 is 23.9 Å². The van der Waals surface area contributed by atoms with Crippen LogP contribution in [-0.2, 0) is 19.1 Å². The summed E-state index contributed by atoms with van der Waals surface area (Å²) in [5.41, 5.74) is -0.624. The molecule has 0 radical (unpaired) electrons. The lowest BCUT2D eigenvalue weighted by atomic mass is 10.0. The van der Waals surface area contributed by atoms with E-state index in [4.69, 9.17) is 9.47 Å². The van der Waals surface area contributed by atoms with E-state index in [2.05, 4.69) is 16.0 Å². The third-order valence-corrected chi connectivity index (χ3v) is 3.48. The van der Waals surface area contributed by atoms with Crippen LogP contribution in [0.25, 0.3) is 0 Å². The molecule has 26 heavy (non-hydrogen) atoms. The molecule has 1 heterocycles. The first-order chi connectivity index (χ1) is 12.0. The van der Waals surface area contributed by atoms with Crippen molar-refractivity contribution in [2.75, 3.05) is 13.2 Å². The highest BCUT2D eigenvalue weighted by Gasteiger charge is 2.25. The van der Waals surface area contributed by atoms with Gasteiger partial charge in [0.15, 0.2) is 0 Å². The van der Waals surface area contributed by atoms with Crippen molar-refractivity contribution in [1.29, 1.82) is 0 Å². The lowest BCUT2D eigenvalue weighted by Crippen LogP contribution is -2.52. The van der Waals surface area contributed by atoms with E-state index in [0.717, 1.165) is 0 Å². The monoisotopic (exact) mass is 369 g/mol. The summed E-state index contributed by atoms with van der Waals surface area (Å²) in [6.45, 7) is 11.3. The van der Waals surface area contributed by atoms with Gasteiger partial charge in [-0.25, -0.2) is 4.79 Å². The van der Waals surface area contributed by atoms with Crippen LogP contribution in [0.1, 0.15) is 41.5 Å². The van der Waals surface area contributed by atoms with Gasteiger partial charge in [0.25, 0.3) is 0 Å². The standard InChI is InChI=1S/C18H31N3O5/c1-11(2)15-16(23)19-12(3)9-25-10-13(7-8-14(22)21-15)20-17(24)26-18(4,5)6/h7-8,11-13,15H,9-10H2,1-6H3,(H,19,23)(H,20,24)(H,21,22)/b8-7+/t12-,13+,15-/m0/s1. The van der Waals surface area contributed by atoms with Crippen molar-refractivity contribution in [2.24, 2.45) is 5.92 Å². The zero-order valence-corrected chi connectivity index (χ0v) is 16.4. The highest BCUT2D eigenvalue weighted by molar-refractivity contribution is 5.93. The average molecular weight is 369 g/mol. The molecule has 0 saturated heterocycles. The normalized spacial score (nSPS) is 26.8. The maximum Gasteiger partial charge on any atom is 0.408 e. The molecule has 0 unspecified atom stereocenters. The molecule has 8 heteroatoms. The smallest absolute Gasteiger partial charge is 0.408 e. The van der Waals surface area contributed by atoms with Crippen molar-refractivity contribution in [2.45, 2.75) is 65.3 Å². The first-order valence-corrected chi connectivity index (χ1v) is 8.84. The summed E-state index contributed by atoms with van der Waals surface area (Å²) in [6, 6.07) is -1.41. The van der Waals surface area contributed by atoms with Crippen LogP contribution in [0, 0.1) is 5.92 Å². The largest absolute Gasteiger partial charge is 0.444 e. The summed E-state index contributed by atoms with van der Waals surface area (Å²) in [7, 11) is 0. The highest BCUT2D eigenvalue weighted by Crippen LogP contribution is 2.08. The van der Waals surface area contributed by atoms with Gasteiger partial charge < -0.3 is 25.4 Å². The molecular formula is C18H31N3O5. The van der Waals surface area contributed by atoms with E-state index < -0.39 is 29.7 Å². The fourth-order valence-electron chi connectivity index (χ4n) is 2.29. The molecule has 0 spiro atoms. The molecule has 1 aliphatic rings. The van der Waals surface area contributed by atoms with E-state index in [9.17, 15) is 14.4 Å². The quantitative estimate of drug-likeness (QED) is 0.676. The second kappa shape index (κ2) is 9.56. The van der Waals surface area contributed by atoms with Gasteiger partial charge in [0.05, 0.1) is 19.3 Å². The van der Waals surface area contributed by atoms with E-state index in [-0.39, 0.29) is 31.1 Å². The Bertz CT molecular complexity index is 539. The Labute approximate surface area is 155 Å². The molecular weight excluding hydrogens is 338 g/mol. The molecule has 8 nitrogen and oxygen atoms in total. The van der Waals surface area contributed by atoms with Gasteiger partial charge in [-0.3, -0.25) is 9.59 Å². The minimum atomic E-state index is -0.647. The molecule has 0 aliphatic carbocycles. The van der Waals surface area contributed by atoms with Gasteiger partial charge in [0, 0.05) is 12.1 Å². The van der Waals surface area contributed by atoms with Crippen LogP contribution >= 0.6 is 0 Å². The second-order valence-electron chi connectivity index (χ2n) is 7.79. The fourth-order valence-corrected chi connectivity index (χ4v) is 2.29. The SMILES string of the molecule is CC(C)[C@@H]1NC(=O)/C=C/[C@@H](NC(=O)OC(C)(C)C)COC[C@H](C)NC1=O. The fraction of sp³-hybridized carbons (Fsp3) is 0.722. The van der Waals surface area contributed by atoms with Crippen LogP contribution in [-0.4, -0.2) is 54.8 Å². The number of nitrogens with one attached hydrogen (secondary N) is 3. The van der Waals surface area contributed by atoms with Gasteiger partial charge in [-0.05, 0) is 33.6 Å². The number of hydrogen-bond acceptors (Lipinski definition) is 5. The van der Waals surface area contributed by atoms with E-state index in [1.165, 1.54) is 12.2 Å². The maximum atomic E-state index is 12.3. The molecule has 3 atom stereocenters. The zero-order valence-electron chi connectivity index (χ0n) is 16.4. The zero-order chi connectivity index (χ0) is 19.9. The topological polar surface area (TPSA) is 106 Å². The maximum absolute atomic E-state index is 12.3. The molecule has 0 aromatic rings. The Kier molecular flexibility index (Phi) is 8.08. The van der Waals surface area contributed by atoms with Gasteiger partial charge >= 0.3 is 6.09 Å². The minimum Gasteiger partial charge on any atom is -0.444 e. The van der Waals surface area contributed by atoms with Crippen molar-refractivity contribution >= 4 is 17.9 Å². The summed E-state index contributed by atoms with van der Waals surface area (Å²) < 4.78 is 10.8. The third kappa shape index (κ3) is 8.33. The van der Waals surface area contributed by atoms with Crippen LogP contribution in [0.4, 0.5) is 4.79 Å². The van der Waals surface area contributed by atoms with Crippen molar-refractivity contribution in [1.82, 2.24) is 16.0 Å². The van der Waals surface area contributed by atoms with Crippen LogP contribution in [0.5, 0.6) is 0 Å². The molecule has 148 valence electrons. The number of alkyl carbamates (subject to hydrolysis) is 1. The van der Waals surface area contributed by atoms with Crippen molar-refractivity contribution in [3.05, 3.63) is 12.2 Å². The van der Waals surface area contributed by atoms with Crippen molar-refractivity contribution in [3.63, 3.8) is 0 Å². The Morgan fingerprint density at radius 2 is 1.92 bits per heavy atom. The van der Waals surface area contributed by atoms with Crippen LogP contribution in [0.2, 0.25) is 0 Å². The highest BCUT2D eigenvalue weighted by atomic mass is 16.6. The van der Waals surface area contributed by atoms with Crippen LogP contribution in [0.15, 0.2) is 12.2 Å². The molecule has 0 bridgehead atoms. The van der Waals surface area contributed by atoms with Crippen LogP contribution in [0.3, 0.4) is 0 Å². The molecule has 0 aromatic heterocycles. The molecule has 1 rings (SSSR count). The molecule has 0 fully saturated rings. The number of hydrogen-bond donors (Lipinski definition) is 3. The predicted molar refractivity (Wildman–Crippen MR) is 97.5 cm³/mol. The molecule has 3 N–H and O–H groups in total. The van der Waals surface area contributed by atoms with Gasteiger partial charge in [-0.1, -0.05) is 19.9 Å². The lowest BCUT2D eigenvalue weighted by Gasteiger charge is -2.25. The number of carbonyl (C=O) groups is 3. The Hall–Kier alpha value is -2.09. The second-order valence-corrected chi connectivity index (χ2v) is 7.79. The van der Waals surface area contributed by atoms with Crippen LogP contribution < -0.4 is 16.0 Å². The van der Waals surface area contributed by atoms with Crippen molar-refractivity contribution in [3.8, 4) is 0 Å². The molecule has 1 aliphatic heterocycles. The minimum absolute atomic E-state index is 0.0703. The number of carbonyl (C=O) groups excluding carboxylic acids is 3. The van der Waals surface area contributed by atoms with E-state index in [1.807, 2.05) is 20.8 Å². The summed E-state index contributed by atoms with van der Waals surface area (Å²) >= 11 is 0. The van der Waals surface area contributed by atoms with Gasteiger partial charge in [-0.15, -0.1) is 0 Å². The molecule has 0 aromatic carbocycles. The Morgan fingerprint density at radius 1 is 1.27 bits per heavy atom. The van der Waals surface area contributed by atoms with Gasteiger partial charge in [0.2, 0.25) is 11.8 Å². The molecule has 0 saturated carbocycles. The first-order valence-electron chi connectivity index (χ1n) is 8.84. The summed E-state index contributed by atoms with van der Waals surface area (Å²) in [4.78, 5) is 36.4. The third-order valence-electron chi connectivity index (χ3n) is 3.48. The summed E-state index contributed by atoms with van der Waals surface area (Å²) in [5.74, 6) is -0.732. The number of ether oxygens (including phenoxy) is 2. The number of amides is 3. The lowest BCUT2D eigenvalue weighted by molar-refractivity contribution is -0.129. The predicted octanol–water partition coefficient (Wildman–Crippen LogP) is 1.11. The van der Waals surface area contributed by atoms with Gasteiger partial charge in [-0.2, -0.15) is 0 Å². The molecule has 3 amide bonds. The van der Waals surface area contributed by atoms with E-state index in [1.54, 1.807) is 20.8 Å². The van der Waals surface area contributed by atoms with E-state index in [0.29, 0.717) is 0 Å². The Balaban J connectivity index is 2.86. The summed E-state index contributed by atoms with van der Waals surface area (Å²) in [5, 5.41) is 8.18. The van der Waals surface area contributed by atoms with E-state index >= 15 is 0 Å². The summed E-state index contributed by atoms with van der Waals surface area (Å²) in [6.07, 6.45) is 2.23.